The van der Waals surface area contributed by atoms with Gasteiger partial charge in [-0.25, -0.2) is 0 Å². The van der Waals surface area contributed by atoms with Crippen LogP contribution in [0.3, 0.4) is 0 Å². The number of hydrogen-bond acceptors (Lipinski definition) is 5. The van der Waals surface area contributed by atoms with E-state index in [0.717, 1.165) is 30.6 Å². The number of rotatable bonds is 6. The van der Waals surface area contributed by atoms with Gasteiger partial charge in [0.2, 0.25) is 0 Å². The van der Waals surface area contributed by atoms with Crippen molar-refractivity contribution in [3.63, 3.8) is 0 Å². The fourth-order valence-electron chi connectivity index (χ4n) is 2.96. The van der Waals surface area contributed by atoms with Crippen LogP contribution in [0.5, 0.6) is 11.5 Å². The molecule has 1 aromatic carbocycles. The van der Waals surface area contributed by atoms with Crippen LogP contribution in [-0.4, -0.2) is 31.3 Å². The van der Waals surface area contributed by atoms with Gasteiger partial charge < -0.3 is 24.3 Å². The Bertz CT molecular complexity index is 709. The van der Waals surface area contributed by atoms with Gasteiger partial charge in [0.05, 0.1) is 26.0 Å². The molecular formula is C18H21NO5. The van der Waals surface area contributed by atoms with Crippen LogP contribution in [0.4, 0.5) is 0 Å². The molecule has 128 valence electrons. The second kappa shape index (κ2) is 7.40. The third-order valence-electron chi connectivity index (χ3n) is 4.13. The maximum Gasteiger partial charge on any atom is 0.251 e. The molecule has 0 saturated heterocycles. The number of hydrogen-bond donors (Lipinski definition) is 2. The number of carbonyl (C=O) groups excluding carboxylic acids is 1. The Hall–Kier alpha value is -2.47. The van der Waals surface area contributed by atoms with E-state index < -0.39 is 0 Å². The molecule has 6 heteroatoms. The second-order valence-electron chi connectivity index (χ2n) is 5.66. The Labute approximate surface area is 140 Å². The summed E-state index contributed by atoms with van der Waals surface area (Å²) < 4.78 is 16.1. The number of aryl methyl sites for hydroxylation is 1. The molecule has 0 bridgehead atoms. The van der Waals surface area contributed by atoms with Crippen LogP contribution in [0.25, 0.3) is 0 Å². The zero-order valence-electron chi connectivity index (χ0n) is 13.6. The van der Waals surface area contributed by atoms with Crippen molar-refractivity contribution in [2.75, 3.05) is 20.3 Å². The molecule has 1 aromatic heterocycles. The van der Waals surface area contributed by atoms with E-state index in [9.17, 15) is 4.79 Å². The molecule has 0 fully saturated rings. The summed E-state index contributed by atoms with van der Waals surface area (Å²) in [5, 5.41) is 12.0. The largest absolute Gasteiger partial charge is 0.493 e. The first-order chi connectivity index (χ1) is 11.7. The van der Waals surface area contributed by atoms with Gasteiger partial charge in [0.1, 0.15) is 12.4 Å². The predicted octanol–water partition coefficient (Wildman–Crippen LogP) is 2.47. The van der Waals surface area contributed by atoms with E-state index in [1.807, 2.05) is 6.07 Å². The third-order valence-corrected chi connectivity index (χ3v) is 4.13. The minimum atomic E-state index is -0.175. The Balaban J connectivity index is 1.76. The van der Waals surface area contributed by atoms with Gasteiger partial charge in [-0.15, -0.1) is 0 Å². The van der Waals surface area contributed by atoms with Crippen molar-refractivity contribution in [1.29, 1.82) is 0 Å². The van der Waals surface area contributed by atoms with Crippen molar-refractivity contribution < 1.29 is 23.8 Å². The predicted molar refractivity (Wildman–Crippen MR) is 87.4 cm³/mol. The number of ether oxygens (including phenoxy) is 2. The highest BCUT2D eigenvalue weighted by Gasteiger charge is 2.24. The van der Waals surface area contributed by atoms with Crippen molar-refractivity contribution >= 4 is 5.91 Å². The first-order valence-electron chi connectivity index (χ1n) is 8.01. The first kappa shape index (κ1) is 16.4. The molecule has 1 amide bonds. The van der Waals surface area contributed by atoms with Crippen LogP contribution >= 0.6 is 0 Å². The fourth-order valence-corrected chi connectivity index (χ4v) is 2.96. The lowest BCUT2D eigenvalue weighted by Crippen LogP contribution is -2.30. The zero-order chi connectivity index (χ0) is 16.9. The number of aliphatic hydroxyl groups excluding tert-OH is 1. The summed E-state index contributed by atoms with van der Waals surface area (Å²) in [6.07, 6.45) is 4.46. The number of carbonyl (C=O) groups is 1. The van der Waals surface area contributed by atoms with E-state index in [1.165, 1.54) is 7.11 Å². The van der Waals surface area contributed by atoms with Crippen LogP contribution in [0.2, 0.25) is 0 Å². The number of aliphatic hydroxyl groups is 1. The molecule has 1 heterocycles. The van der Waals surface area contributed by atoms with Crippen LogP contribution in [-0.2, 0) is 6.42 Å². The SMILES string of the molecule is COc1ccc(C(=O)NC2CCCc3occc32)cc1OCCO. The third kappa shape index (κ3) is 3.38. The van der Waals surface area contributed by atoms with E-state index in [2.05, 4.69) is 5.32 Å². The van der Waals surface area contributed by atoms with Crippen molar-refractivity contribution in [2.24, 2.45) is 0 Å². The van der Waals surface area contributed by atoms with Gasteiger partial charge in [0.15, 0.2) is 11.5 Å². The molecule has 1 aliphatic carbocycles. The minimum Gasteiger partial charge on any atom is -0.493 e. The monoisotopic (exact) mass is 331 g/mol. The Morgan fingerprint density at radius 1 is 1.38 bits per heavy atom. The Morgan fingerprint density at radius 2 is 2.25 bits per heavy atom. The molecule has 0 radical (unpaired) electrons. The van der Waals surface area contributed by atoms with Crippen LogP contribution in [0.1, 0.15) is 40.6 Å². The number of nitrogens with one attached hydrogen (secondary N) is 1. The maximum atomic E-state index is 12.6. The van der Waals surface area contributed by atoms with Crippen molar-refractivity contribution in [2.45, 2.75) is 25.3 Å². The topological polar surface area (TPSA) is 80.9 Å². The normalized spacial score (nSPS) is 16.3. The molecule has 0 saturated carbocycles. The Kier molecular flexibility index (Phi) is 5.05. The van der Waals surface area contributed by atoms with Crippen LogP contribution < -0.4 is 14.8 Å². The molecule has 0 spiro atoms. The summed E-state index contributed by atoms with van der Waals surface area (Å²) >= 11 is 0. The molecule has 0 aliphatic heterocycles. The van der Waals surface area contributed by atoms with Gasteiger partial charge in [-0.05, 0) is 37.1 Å². The fraction of sp³-hybridized carbons (Fsp3) is 0.389. The number of methoxy groups -OCH3 is 1. The number of furan rings is 1. The van der Waals surface area contributed by atoms with Crippen LogP contribution in [0, 0.1) is 0 Å². The van der Waals surface area contributed by atoms with Gasteiger partial charge >= 0.3 is 0 Å². The average Bonchev–Trinajstić information content (AvgIpc) is 3.09. The molecule has 6 nitrogen and oxygen atoms in total. The number of benzene rings is 1. The molecule has 3 rings (SSSR count). The molecule has 24 heavy (non-hydrogen) atoms. The minimum absolute atomic E-state index is 0.0380. The van der Waals surface area contributed by atoms with Crippen LogP contribution in [0.15, 0.2) is 34.9 Å². The van der Waals surface area contributed by atoms with Crippen molar-refractivity contribution in [3.05, 3.63) is 47.4 Å². The molecule has 1 aliphatic rings. The summed E-state index contributed by atoms with van der Waals surface area (Å²) in [7, 11) is 1.53. The van der Waals surface area contributed by atoms with E-state index in [-0.39, 0.29) is 25.2 Å². The molecule has 1 unspecified atom stereocenters. The number of fused-ring (bicyclic) bond motifs is 1. The van der Waals surface area contributed by atoms with Gasteiger partial charge in [0.25, 0.3) is 5.91 Å². The van der Waals surface area contributed by atoms with Crippen molar-refractivity contribution in [3.8, 4) is 11.5 Å². The summed E-state index contributed by atoms with van der Waals surface area (Å²) in [5.41, 5.74) is 1.54. The first-order valence-corrected chi connectivity index (χ1v) is 8.01. The smallest absolute Gasteiger partial charge is 0.251 e. The maximum absolute atomic E-state index is 12.6. The Morgan fingerprint density at radius 3 is 3.04 bits per heavy atom. The highest BCUT2D eigenvalue weighted by Crippen LogP contribution is 2.32. The zero-order valence-corrected chi connectivity index (χ0v) is 13.6. The lowest BCUT2D eigenvalue weighted by molar-refractivity contribution is 0.0931. The summed E-state index contributed by atoms with van der Waals surface area (Å²) in [4.78, 5) is 12.6. The van der Waals surface area contributed by atoms with E-state index >= 15 is 0 Å². The lowest BCUT2D eigenvalue weighted by atomic mass is 9.93. The standard InChI is InChI=1S/C18H21NO5/c1-22-16-6-5-12(11-17(16)24-10-8-20)18(21)19-14-3-2-4-15-13(14)7-9-23-15/h5-7,9,11,14,20H,2-4,8,10H2,1H3,(H,19,21). The second-order valence-corrected chi connectivity index (χ2v) is 5.66. The van der Waals surface area contributed by atoms with Gasteiger partial charge in [-0.1, -0.05) is 0 Å². The lowest BCUT2D eigenvalue weighted by Gasteiger charge is -2.23. The van der Waals surface area contributed by atoms with Gasteiger partial charge in [0, 0.05) is 17.5 Å². The van der Waals surface area contributed by atoms with Crippen molar-refractivity contribution in [1.82, 2.24) is 5.32 Å². The molecular weight excluding hydrogens is 310 g/mol. The molecule has 1 atom stereocenters. The summed E-state index contributed by atoms with van der Waals surface area (Å²) in [6, 6.07) is 6.89. The quantitative estimate of drug-likeness (QED) is 0.850. The summed E-state index contributed by atoms with van der Waals surface area (Å²) in [5.74, 6) is 1.74. The van der Waals surface area contributed by atoms with Gasteiger partial charge in [-0.2, -0.15) is 0 Å². The summed E-state index contributed by atoms with van der Waals surface area (Å²) in [6.45, 7) is 0.0351. The average molecular weight is 331 g/mol. The number of amides is 1. The molecule has 2 aromatic rings. The molecule has 2 N–H and O–H groups in total. The van der Waals surface area contributed by atoms with Gasteiger partial charge in [-0.3, -0.25) is 4.79 Å². The van der Waals surface area contributed by atoms with E-state index in [1.54, 1.807) is 24.5 Å². The highest BCUT2D eigenvalue weighted by molar-refractivity contribution is 5.95. The van der Waals surface area contributed by atoms with E-state index in [0.29, 0.717) is 17.1 Å². The highest BCUT2D eigenvalue weighted by atomic mass is 16.5. The van der Waals surface area contributed by atoms with E-state index in [4.69, 9.17) is 19.0 Å².